The second-order valence-corrected chi connectivity index (χ2v) is 10.6. The van der Waals surface area contributed by atoms with Gasteiger partial charge in [0.1, 0.15) is 0 Å². The van der Waals surface area contributed by atoms with Gasteiger partial charge in [0.25, 0.3) is 0 Å². The van der Waals surface area contributed by atoms with Crippen LogP contribution in [0.15, 0.2) is 72.4 Å². The van der Waals surface area contributed by atoms with Gasteiger partial charge in [-0.2, -0.15) is 5.26 Å². The molecule has 5 nitrogen and oxygen atoms in total. The van der Waals surface area contributed by atoms with Gasteiger partial charge in [-0.1, -0.05) is 37.8 Å². The molecule has 1 aromatic rings. The number of benzene rings is 1. The Hall–Kier alpha value is -3.36. The molecule has 37 heavy (non-hydrogen) atoms. The molecule has 3 unspecified atom stereocenters. The summed E-state index contributed by atoms with van der Waals surface area (Å²) in [5.41, 5.74) is 7.02. The zero-order valence-electron chi connectivity index (χ0n) is 23.1. The standard InChI is InChI=1S/C32H43N5/c1-8-30(31(35-7)11-16-34-6)36-22-27-20-29(24(3)19-23(27)2)25(4)37-17-12-28(13-18-37)32(5)14-9-26(21-33)10-15-32/h8-11,14,16,19-20,28,30-31,34,36H,1,4,7,12-13,15,17-18,22H2,2-3,5-6H3/b16-11-. The molecular formula is C32H43N5. The van der Waals surface area contributed by atoms with Crippen molar-refractivity contribution in [2.45, 2.75) is 58.7 Å². The molecule has 1 saturated heterocycles. The Morgan fingerprint density at radius 1 is 1.30 bits per heavy atom. The van der Waals surface area contributed by atoms with Crippen LogP contribution in [0.5, 0.6) is 0 Å². The summed E-state index contributed by atoms with van der Waals surface area (Å²) in [5, 5.41) is 15.8. The number of aliphatic imine (C=N–C) groups is 1. The van der Waals surface area contributed by atoms with Gasteiger partial charge in [0.2, 0.25) is 0 Å². The molecule has 2 N–H and O–H groups in total. The second kappa shape index (κ2) is 12.7. The molecule has 2 aliphatic rings. The molecule has 0 saturated carbocycles. The maximum Gasteiger partial charge on any atom is 0.0988 e. The molecule has 1 aliphatic heterocycles. The zero-order valence-corrected chi connectivity index (χ0v) is 23.1. The molecule has 5 heteroatoms. The lowest BCUT2D eigenvalue weighted by molar-refractivity contribution is 0.153. The van der Waals surface area contributed by atoms with Crippen molar-refractivity contribution in [2.75, 3.05) is 20.1 Å². The number of rotatable bonds is 11. The Morgan fingerprint density at radius 3 is 2.59 bits per heavy atom. The molecule has 1 heterocycles. The Kier molecular flexibility index (Phi) is 9.72. The van der Waals surface area contributed by atoms with Crippen LogP contribution in [0.25, 0.3) is 5.70 Å². The third-order valence-corrected chi connectivity index (χ3v) is 8.16. The van der Waals surface area contributed by atoms with Crippen LogP contribution in [0.4, 0.5) is 0 Å². The molecule has 0 aromatic heterocycles. The van der Waals surface area contributed by atoms with Crippen LogP contribution in [0.3, 0.4) is 0 Å². The van der Waals surface area contributed by atoms with Crippen LogP contribution in [-0.4, -0.2) is 43.8 Å². The highest BCUT2D eigenvalue weighted by molar-refractivity contribution is 5.66. The predicted octanol–water partition coefficient (Wildman–Crippen LogP) is 5.85. The molecule has 1 aliphatic carbocycles. The van der Waals surface area contributed by atoms with E-state index in [1.165, 1.54) is 22.3 Å². The normalized spacial score (nSPS) is 21.7. The van der Waals surface area contributed by atoms with Gasteiger partial charge in [0.15, 0.2) is 0 Å². The Balaban J connectivity index is 1.67. The van der Waals surface area contributed by atoms with Gasteiger partial charge in [-0.05, 0) is 92.3 Å². The fraction of sp³-hybridized carbons (Fsp3) is 0.438. The molecule has 0 bridgehead atoms. The van der Waals surface area contributed by atoms with Crippen LogP contribution in [0, 0.1) is 36.5 Å². The average Bonchev–Trinajstić information content (AvgIpc) is 2.91. The number of nitriles is 1. The van der Waals surface area contributed by atoms with Crippen molar-refractivity contribution in [1.29, 1.82) is 5.26 Å². The lowest BCUT2D eigenvalue weighted by Gasteiger charge is -2.43. The van der Waals surface area contributed by atoms with E-state index < -0.39 is 0 Å². The fourth-order valence-electron chi connectivity index (χ4n) is 5.57. The van der Waals surface area contributed by atoms with Gasteiger partial charge >= 0.3 is 0 Å². The SMILES string of the molecule is C=CC(NCc1cc(C(=C)N2CCC(C3(C)C=CC(C#N)=CC3)CC2)c(C)cc1C)C(/C=C\NC)N=C. The first-order chi connectivity index (χ1) is 17.8. The minimum Gasteiger partial charge on any atom is -0.394 e. The van der Waals surface area contributed by atoms with Gasteiger partial charge < -0.3 is 15.5 Å². The van der Waals surface area contributed by atoms with Crippen molar-refractivity contribution in [3.05, 3.63) is 89.7 Å². The first kappa shape index (κ1) is 28.2. The summed E-state index contributed by atoms with van der Waals surface area (Å²) in [5.74, 6) is 0.613. The summed E-state index contributed by atoms with van der Waals surface area (Å²) >= 11 is 0. The molecule has 3 rings (SSSR count). The van der Waals surface area contributed by atoms with E-state index in [0.717, 1.165) is 43.6 Å². The summed E-state index contributed by atoms with van der Waals surface area (Å²) in [7, 11) is 1.87. The van der Waals surface area contributed by atoms with E-state index in [1.54, 1.807) is 0 Å². The minimum atomic E-state index is -0.0886. The lowest BCUT2D eigenvalue weighted by Crippen LogP contribution is -2.38. The van der Waals surface area contributed by atoms with E-state index in [1.807, 2.05) is 31.5 Å². The molecule has 0 amide bonds. The lowest BCUT2D eigenvalue weighted by atomic mass is 9.68. The summed E-state index contributed by atoms with van der Waals surface area (Å²) < 4.78 is 0. The number of allylic oxidation sites excluding steroid dienone is 4. The number of hydrogen-bond donors (Lipinski definition) is 2. The minimum absolute atomic E-state index is 0.0113. The van der Waals surface area contributed by atoms with Gasteiger partial charge in [0, 0.05) is 43.5 Å². The number of aryl methyl sites for hydroxylation is 2. The van der Waals surface area contributed by atoms with Crippen LogP contribution < -0.4 is 10.6 Å². The van der Waals surface area contributed by atoms with Crippen LogP contribution >= 0.6 is 0 Å². The maximum absolute atomic E-state index is 9.17. The van der Waals surface area contributed by atoms with E-state index in [4.69, 9.17) is 5.26 Å². The number of hydrogen-bond acceptors (Lipinski definition) is 5. The van der Waals surface area contributed by atoms with E-state index in [-0.39, 0.29) is 17.5 Å². The topological polar surface area (TPSA) is 63.5 Å². The molecule has 0 spiro atoms. The summed E-state index contributed by atoms with van der Waals surface area (Å²) in [6, 6.07) is 6.73. The zero-order chi connectivity index (χ0) is 27.0. The molecular weight excluding hydrogens is 454 g/mol. The largest absolute Gasteiger partial charge is 0.394 e. The monoisotopic (exact) mass is 497 g/mol. The maximum atomic E-state index is 9.17. The van der Waals surface area contributed by atoms with Crippen molar-refractivity contribution in [2.24, 2.45) is 16.3 Å². The van der Waals surface area contributed by atoms with E-state index in [9.17, 15) is 0 Å². The van der Waals surface area contributed by atoms with Crippen molar-refractivity contribution >= 4 is 12.4 Å². The average molecular weight is 498 g/mol. The van der Waals surface area contributed by atoms with Gasteiger partial charge in [-0.25, -0.2) is 0 Å². The van der Waals surface area contributed by atoms with E-state index in [0.29, 0.717) is 12.5 Å². The highest BCUT2D eigenvalue weighted by atomic mass is 15.1. The Bertz CT molecular complexity index is 1130. The molecule has 196 valence electrons. The first-order valence-electron chi connectivity index (χ1n) is 13.3. The van der Waals surface area contributed by atoms with Crippen molar-refractivity contribution < 1.29 is 0 Å². The third kappa shape index (κ3) is 6.70. The van der Waals surface area contributed by atoms with Crippen molar-refractivity contribution in [3.63, 3.8) is 0 Å². The summed E-state index contributed by atoms with van der Waals surface area (Å²) in [6.45, 7) is 21.7. The van der Waals surface area contributed by atoms with Gasteiger partial charge in [-0.15, -0.1) is 6.58 Å². The third-order valence-electron chi connectivity index (χ3n) is 8.16. The smallest absolute Gasteiger partial charge is 0.0988 e. The van der Waals surface area contributed by atoms with Crippen LogP contribution in [0.2, 0.25) is 0 Å². The molecule has 0 radical (unpaired) electrons. The number of nitrogens with zero attached hydrogens (tertiary/aromatic N) is 3. The van der Waals surface area contributed by atoms with Crippen molar-refractivity contribution in [1.82, 2.24) is 15.5 Å². The molecule has 3 atom stereocenters. The molecule has 1 fully saturated rings. The summed E-state index contributed by atoms with van der Waals surface area (Å²) in [4.78, 5) is 6.70. The Morgan fingerprint density at radius 2 is 2.03 bits per heavy atom. The van der Waals surface area contributed by atoms with Crippen LogP contribution in [-0.2, 0) is 6.54 Å². The quantitative estimate of drug-likeness (QED) is 0.297. The van der Waals surface area contributed by atoms with E-state index >= 15 is 0 Å². The predicted molar refractivity (Wildman–Crippen MR) is 157 cm³/mol. The molecule has 1 aromatic carbocycles. The van der Waals surface area contributed by atoms with Crippen molar-refractivity contribution in [3.8, 4) is 6.07 Å². The number of nitrogens with one attached hydrogen (secondary N) is 2. The number of likely N-dealkylation sites (tertiary alicyclic amines) is 1. The fourth-order valence-corrected chi connectivity index (χ4v) is 5.57. The van der Waals surface area contributed by atoms with Gasteiger partial charge in [0.05, 0.1) is 18.2 Å². The van der Waals surface area contributed by atoms with Crippen LogP contribution in [0.1, 0.15) is 48.4 Å². The highest BCUT2D eigenvalue weighted by Crippen LogP contribution is 2.43. The Labute approximate surface area is 224 Å². The van der Waals surface area contributed by atoms with E-state index in [2.05, 4.69) is 91.5 Å². The van der Waals surface area contributed by atoms with Gasteiger partial charge in [-0.3, -0.25) is 4.99 Å². The number of piperidine rings is 1. The highest BCUT2D eigenvalue weighted by Gasteiger charge is 2.35. The summed E-state index contributed by atoms with van der Waals surface area (Å²) in [6.07, 6.45) is 15.3. The first-order valence-corrected chi connectivity index (χ1v) is 13.3. The second-order valence-electron chi connectivity index (χ2n) is 10.6.